The molecule has 138 valence electrons. The fourth-order valence-electron chi connectivity index (χ4n) is 4.83. The third-order valence-corrected chi connectivity index (χ3v) is 6.59. The van der Waals surface area contributed by atoms with Crippen LogP contribution in [0.15, 0.2) is 0 Å². The molecule has 0 radical (unpaired) electrons. The fourth-order valence-corrected chi connectivity index (χ4v) is 4.83. The molecule has 0 bridgehead atoms. The van der Waals surface area contributed by atoms with Crippen LogP contribution >= 0.6 is 0 Å². The molecule has 0 aromatic carbocycles. The van der Waals surface area contributed by atoms with E-state index in [9.17, 15) is 0 Å². The van der Waals surface area contributed by atoms with Crippen molar-refractivity contribution in [2.24, 2.45) is 11.3 Å². The predicted octanol–water partition coefficient (Wildman–Crippen LogP) is 8.68. The summed E-state index contributed by atoms with van der Waals surface area (Å²) in [6.07, 6.45) is 26.7. The summed E-state index contributed by atoms with van der Waals surface area (Å²) < 4.78 is 0. The van der Waals surface area contributed by atoms with Crippen LogP contribution in [0.2, 0.25) is 0 Å². The molecule has 0 aromatic rings. The van der Waals surface area contributed by atoms with Gasteiger partial charge in [-0.3, -0.25) is 0 Å². The van der Waals surface area contributed by atoms with E-state index in [4.69, 9.17) is 0 Å². The molecule has 0 aliphatic heterocycles. The van der Waals surface area contributed by atoms with E-state index in [1.54, 1.807) is 19.3 Å². The van der Waals surface area contributed by atoms with Gasteiger partial charge in [0, 0.05) is 0 Å². The van der Waals surface area contributed by atoms with Crippen molar-refractivity contribution in [2.45, 2.75) is 136 Å². The third-order valence-electron chi connectivity index (χ3n) is 6.59. The zero-order valence-corrected chi connectivity index (χ0v) is 16.8. The van der Waals surface area contributed by atoms with Gasteiger partial charge >= 0.3 is 0 Å². The van der Waals surface area contributed by atoms with E-state index in [2.05, 4.69) is 20.8 Å². The Kier molecular flexibility index (Phi) is 12.2. The van der Waals surface area contributed by atoms with Crippen molar-refractivity contribution >= 4 is 0 Å². The molecule has 0 nitrogen and oxygen atoms in total. The van der Waals surface area contributed by atoms with E-state index in [1.807, 2.05) is 0 Å². The van der Waals surface area contributed by atoms with Crippen LogP contribution in [0.1, 0.15) is 136 Å². The molecule has 0 aromatic heterocycles. The second-order valence-corrected chi connectivity index (χ2v) is 8.53. The number of rotatable bonds is 14. The minimum Gasteiger partial charge on any atom is -0.0654 e. The van der Waals surface area contributed by atoms with Crippen LogP contribution in [0.4, 0.5) is 0 Å². The molecule has 1 atom stereocenters. The minimum absolute atomic E-state index is 0.758. The zero-order valence-electron chi connectivity index (χ0n) is 16.8. The van der Waals surface area contributed by atoms with Gasteiger partial charge < -0.3 is 0 Å². The topological polar surface area (TPSA) is 0 Å². The standard InChI is InChI=1S/C23H46/c1-4-7-9-10-12-16-22(6-3)17-15-21-23(18-8-5-2)19-13-11-14-20-23/h22H,4-21H2,1-3H3. The molecule has 23 heavy (non-hydrogen) atoms. The maximum Gasteiger partial charge on any atom is -0.0297 e. The summed E-state index contributed by atoms with van der Waals surface area (Å²) in [5.74, 6) is 1.02. The Morgan fingerprint density at radius 1 is 0.652 bits per heavy atom. The smallest absolute Gasteiger partial charge is 0.0297 e. The number of hydrogen-bond donors (Lipinski definition) is 0. The Balaban J connectivity index is 2.24. The van der Waals surface area contributed by atoms with Crippen LogP contribution in [0.5, 0.6) is 0 Å². The van der Waals surface area contributed by atoms with E-state index in [0.717, 1.165) is 11.3 Å². The van der Waals surface area contributed by atoms with Gasteiger partial charge in [0.25, 0.3) is 0 Å². The monoisotopic (exact) mass is 322 g/mol. The van der Waals surface area contributed by atoms with Crippen molar-refractivity contribution in [3.8, 4) is 0 Å². The van der Waals surface area contributed by atoms with Gasteiger partial charge in [0.1, 0.15) is 0 Å². The average molecular weight is 323 g/mol. The molecule has 0 N–H and O–H groups in total. The Morgan fingerprint density at radius 3 is 1.91 bits per heavy atom. The van der Waals surface area contributed by atoms with Crippen molar-refractivity contribution in [2.75, 3.05) is 0 Å². The average Bonchev–Trinajstić information content (AvgIpc) is 2.59. The highest BCUT2D eigenvalue weighted by Gasteiger charge is 2.30. The molecular weight excluding hydrogens is 276 g/mol. The van der Waals surface area contributed by atoms with E-state index in [0.29, 0.717) is 0 Å². The SMILES string of the molecule is CCCCCCCC(CC)CCCC1(CCCC)CCCCC1. The molecule has 1 fully saturated rings. The highest BCUT2D eigenvalue weighted by molar-refractivity contribution is 4.83. The van der Waals surface area contributed by atoms with Crippen LogP contribution in [0, 0.1) is 11.3 Å². The molecule has 1 aliphatic rings. The third kappa shape index (κ3) is 9.16. The summed E-state index contributed by atoms with van der Waals surface area (Å²) in [6, 6.07) is 0. The van der Waals surface area contributed by atoms with Gasteiger partial charge in [-0.25, -0.2) is 0 Å². The maximum absolute atomic E-state index is 2.42. The predicted molar refractivity (Wildman–Crippen MR) is 106 cm³/mol. The summed E-state index contributed by atoms with van der Waals surface area (Å²) >= 11 is 0. The normalized spacial score (nSPS) is 18.9. The molecule has 1 rings (SSSR count). The number of hydrogen-bond acceptors (Lipinski definition) is 0. The lowest BCUT2D eigenvalue weighted by molar-refractivity contribution is 0.144. The van der Waals surface area contributed by atoms with Gasteiger partial charge in [0.2, 0.25) is 0 Å². The molecule has 0 saturated heterocycles. The Bertz CT molecular complexity index is 249. The summed E-state index contributed by atoms with van der Waals surface area (Å²) in [5, 5.41) is 0. The van der Waals surface area contributed by atoms with Gasteiger partial charge in [-0.1, -0.05) is 111 Å². The molecule has 0 spiro atoms. The second kappa shape index (κ2) is 13.3. The van der Waals surface area contributed by atoms with Crippen LogP contribution in [0.3, 0.4) is 0 Å². The summed E-state index contributed by atoms with van der Waals surface area (Å²) in [5.41, 5.74) is 0.758. The molecule has 0 heteroatoms. The molecule has 1 unspecified atom stereocenters. The molecular formula is C23H46. The minimum atomic E-state index is 0.758. The van der Waals surface area contributed by atoms with Crippen molar-refractivity contribution in [1.29, 1.82) is 0 Å². The maximum atomic E-state index is 2.42. The van der Waals surface area contributed by atoms with Gasteiger partial charge in [-0.05, 0) is 37.0 Å². The first-order valence-electron chi connectivity index (χ1n) is 11.3. The van der Waals surface area contributed by atoms with Crippen molar-refractivity contribution in [3.63, 3.8) is 0 Å². The van der Waals surface area contributed by atoms with Crippen molar-refractivity contribution in [1.82, 2.24) is 0 Å². The molecule has 0 heterocycles. The van der Waals surface area contributed by atoms with Crippen LogP contribution in [-0.2, 0) is 0 Å². The Morgan fingerprint density at radius 2 is 1.26 bits per heavy atom. The summed E-state index contributed by atoms with van der Waals surface area (Å²) in [6.45, 7) is 7.10. The van der Waals surface area contributed by atoms with E-state index in [1.165, 1.54) is 96.3 Å². The fraction of sp³-hybridized carbons (Fsp3) is 1.00. The van der Waals surface area contributed by atoms with Crippen LogP contribution < -0.4 is 0 Å². The lowest BCUT2D eigenvalue weighted by Crippen LogP contribution is -2.24. The summed E-state index contributed by atoms with van der Waals surface area (Å²) in [4.78, 5) is 0. The molecule has 1 aliphatic carbocycles. The Hall–Kier alpha value is 0. The highest BCUT2D eigenvalue weighted by atomic mass is 14.4. The van der Waals surface area contributed by atoms with Gasteiger partial charge in [-0.2, -0.15) is 0 Å². The van der Waals surface area contributed by atoms with Gasteiger partial charge in [-0.15, -0.1) is 0 Å². The highest BCUT2D eigenvalue weighted by Crippen LogP contribution is 2.45. The summed E-state index contributed by atoms with van der Waals surface area (Å²) in [7, 11) is 0. The molecule has 0 amide bonds. The lowest BCUT2D eigenvalue weighted by Gasteiger charge is -2.38. The van der Waals surface area contributed by atoms with Crippen LogP contribution in [-0.4, -0.2) is 0 Å². The van der Waals surface area contributed by atoms with E-state index in [-0.39, 0.29) is 0 Å². The molecule has 1 saturated carbocycles. The quantitative estimate of drug-likeness (QED) is 0.280. The van der Waals surface area contributed by atoms with Gasteiger partial charge in [0.05, 0.1) is 0 Å². The van der Waals surface area contributed by atoms with Crippen LogP contribution in [0.25, 0.3) is 0 Å². The van der Waals surface area contributed by atoms with E-state index < -0.39 is 0 Å². The first-order valence-corrected chi connectivity index (χ1v) is 11.3. The second-order valence-electron chi connectivity index (χ2n) is 8.53. The first kappa shape index (κ1) is 21.0. The lowest BCUT2D eigenvalue weighted by atomic mass is 9.68. The largest absolute Gasteiger partial charge is 0.0654 e. The first-order chi connectivity index (χ1) is 11.3. The zero-order chi connectivity index (χ0) is 16.8. The van der Waals surface area contributed by atoms with E-state index >= 15 is 0 Å². The van der Waals surface area contributed by atoms with Gasteiger partial charge in [0.15, 0.2) is 0 Å². The van der Waals surface area contributed by atoms with Crippen molar-refractivity contribution in [3.05, 3.63) is 0 Å². The number of unbranched alkanes of at least 4 members (excludes halogenated alkanes) is 5. The van der Waals surface area contributed by atoms with Crippen molar-refractivity contribution < 1.29 is 0 Å². The Labute approximate surface area is 148 Å².